The number of rotatable bonds is 4. The molecule has 1 heterocycles. The average molecular weight is 261 g/mol. The maximum Gasteiger partial charge on any atom is 0.0804 e. The van der Waals surface area contributed by atoms with E-state index in [1.54, 1.807) is 0 Å². The van der Waals surface area contributed by atoms with E-state index in [-0.39, 0.29) is 6.10 Å². The smallest absolute Gasteiger partial charge is 0.0804 e. The van der Waals surface area contributed by atoms with Crippen LogP contribution in [-0.2, 0) is 0 Å². The lowest BCUT2D eigenvalue weighted by atomic mass is 9.91. The maximum atomic E-state index is 10.4. The third-order valence-corrected chi connectivity index (χ3v) is 4.74. The van der Waals surface area contributed by atoms with Crippen LogP contribution in [0.3, 0.4) is 0 Å². The van der Waals surface area contributed by atoms with E-state index in [0.29, 0.717) is 6.04 Å². The van der Waals surface area contributed by atoms with Gasteiger partial charge in [0.1, 0.15) is 0 Å². The summed E-state index contributed by atoms with van der Waals surface area (Å²) in [6.07, 6.45) is 3.15. The van der Waals surface area contributed by atoms with Crippen LogP contribution in [0.1, 0.15) is 50.3 Å². The summed E-state index contributed by atoms with van der Waals surface area (Å²) >= 11 is 0. The Morgan fingerprint density at radius 2 is 2.05 bits per heavy atom. The zero-order valence-electron chi connectivity index (χ0n) is 12.5. The second-order valence-corrected chi connectivity index (χ2v) is 6.06. The molecule has 1 fully saturated rings. The fourth-order valence-corrected chi connectivity index (χ4v) is 3.14. The second kappa shape index (κ2) is 6.53. The van der Waals surface area contributed by atoms with Crippen molar-refractivity contribution in [1.29, 1.82) is 0 Å². The van der Waals surface area contributed by atoms with Gasteiger partial charge in [-0.15, -0.1) is 0 Å². The number of piperidine rings is 1. The Kier molecular flexibility index (Phi) is 5.00. The highest BCUT2D eigenvalue weighted by Gasteiger charge is 2.24. The number of aliphatic hydroxyl groups excluding tert-OH is 1. The molecule has 0 aliphatic carbocycles. The molecule has 2 nitrogen and oxygen atoms in total. The Morgan fingerprint density at radius 3 is 2.79 bits per heavy atom. The number of hydrogen-bond acceptors (Lipinski definition) is 2. The molecule has 1 aliphatic rings. The van der Waals surface area contributed by atoms with Gasteiger partial charge in [0.25, 0.3) is 0 Å². The standard InChI is InChI=1S/C17H27NO/c1-13-8-6-11-18(15(13)3)12-10-17(19)16-9-5-4-7-14(16)2/h4-5,7,9,13,15,17,19H,6,8,10-12H2,1-3H3. The minimum Gasteiger partial charge on any atom is -0.388 e. The predicted octanol–water partition coefficient (Wildman–Crippen LogP) is 3.54. The zero-order chi connectivity index (χ0) is 13.8. The third kappa shape index (κ3) is 3.58. The molecule has 1 aliphatic heterocycles. The van der Waals surface area contributed by atoms with Gasteiger partial charge in [-0.1, -0.05) is 31.2 Å². The molecule has 3 unspecified atom stereocenters. The first kappa shape index (κ1) is 14.5. The lowest BCUT2D eigenvalue weighted by Gasteiger charge is -2.38. The molecule has 0 spiro atoms. The van der Waals surface area contributed by atoms with Crippen LogP contribution in [0.2, 0.25) is 0 Å². The Labute approximate surface area is 117 Å². The van der Waals surface area contributed by atoms with Gasteiger partial charge in [0.2, 0.25) is 0 Å². The molecule has 1 N–H and O–H groups in total. The fourth-order valence-electron chi connectivity index (χ4n) is 3.14. The van der Waals surface area contributed by atoms with E-state index in [1.165, 1.54) is 24.9 Å². The van der Waals surface area contributed by atoms with Crippen LogP contribution in [-0.4, -0.2) is 29.1 Å². The van der Waals surface area contributed by atoms with E-state index in [0.717, 1.165) is 24.4 Å². The number of aryl methyl sites for hydroxylation is 1. The Bertz CT molecular complexity index is 404. The topological polar surface area (TPSA) is 23.5 Å². The van der Waals surface area contributed by atoms with E-state index >= 15 is 0 Å². The Balaban J connectivity index is 1.90. The van der Waals surface area contributed by atoms with Gasteiger partial charge in [0.15, 0.2) is 0 Å². The molecule has 2 rings (SSSR count). The maximum absolute atomic E-state index is 10.4. The average Bonchev–Trinajstić information content (AvgIpc) is 2.40. The van der Waals surface area contributed by atoms with Gasteiger partial charge in [-0.25, -0.2) is 0 Å². The van der Waals surface area contributed by atoms with Crippen LogP contribution < -0.4 is 0 Å². The van der Waals surface area contributed by atoms with Gasteiger partial charge in [0, 0.05) is 12.6 Å². The molecule has 3 atom stereocenters. The third-order valence-electron chi connectivity index (χ3n) is 4.74. The molecule has 0 aromatic heterocycles. The van der Waals surface area contributed by atoms with E-state index in [2.05, 4.69) is 31.7 Å². The molecule has 106 valence electrons. The highest BCUT2D eigenvalue weighted by Crippen LogP contribution is 2.25. The molecule has 1 aromatic rings. The molecule has 0 bridgehead atoms. The van der Waals surface area contributed by atoms with Crippen LogP contribution in [0.25, 0.3) is 0 Å². The number of benzene rings is 1. The van der Waals surface area contributed by atoms with Crippen molar-refractivity contribution in [3.8, 4) is 0 Å². The zero-order valence-corrected chi connectivity index (χ0v) is 12.5. The van der Waals surface area contributed by atoms with Crippen LogP contribution in [0, 0.1) is 12.8 Å². The molecular formula is C17H27NO. The van der Waals surface area contributed by atoms with Crippen molar-refractivity contribution in [3.63, 3.8) is 0 Å². The van der Waals surface area contributed by atoms with E-state index in [1.807, 2.05) is 18.2 Å². The van der Waals surface area contributed by atoms with E-state index < -0.39 is 0 Å². The molecule has 19 heavy (non-hydrogen) atoms. The predicted molar refractivity (Wildman–Crippen MR) is 80.2 cm³/mol. The van der Waals surface area contributed by atoms with Crippen molar-refractivity contribution in [2.45, 2.75) is 52.2 Å². The van der Waals surface area contributed by atoms with Crippen LogP contribution in [0.4, 0.5) is 0 Å². The summed E-state index contributed by atoms with van der Waals surface area (Å²) in [5, 5.41) is 10.4. The van der Waals surface area contributed by atoms with Crippen molar-refractivity contribution in [3.05, 3.63) is 35.4 Å². The highest BCUT2D eigenvalue weighted by atomic mass is 16.3. The summed E-state index contributed by atoms with van der Waals surface area (Å²) in [4.78, 5) is 2.54. The number of hydrogen-bond donors (Lipinski definition) is 1. The number of nitrogens with zero attached hydrogens (tertiary/aromatic N) is 1. The lowest BCUT2D eigenvalue weighted by Crippen LogP contribution is -2.43. The Hall–Kier alpha value is -0.860. The largest absolute Gasteiger partial charge is 0.388 e. The monoisotopic (exact) mass is 261 g/mol. The number of aliphatic hydroxyl groups is 1. The second-order valence-electron chi connectivity index (χ2n) is 6.06. The highest BCUT2D eigenvalue weighted by molar-refractivity contribution is 5.27. The molecule has 1 aromatic carbocycles. The van der Waals surface area contributed by atoms with Crippen molar-refractivity contribution >= 4 is 0 Å². The quantitative estimate of drug-likeness (QED) is 0.896. The SMILES string of the molecule is Cc1ccccc1C(O)CCN1CCCC(C)C1C. The Morgan fingerprint density at radius 1 is 1.32 bits per heavy atom. The minimum absolute atomic E-state index is 0.328. The van der Waals surface area contributed by atoms with E-state index in [4.69, 9.17) is 0 Å². The van der Waals surface area contributed by atoms with Gasteiger partial charge in [-0.2, -0.15) is 0 Å². The summed E-state index contributed by atoms with van der Waals surface area (Å²) in [5.41, 5.74) is 2.27. The summed E-state index contributed by atoms with van der Waals surface area (Å²) in [6, 6.07) is 8.81. The molecule has 2 heteroatoms. The van der Waals surface area contributed by atoms with Crippen LogP contribution >= 0.6 is 0 Å². The van der Waals surface area contributed by atoms with Crippen molar-refractivity contribution in [2.24, 2.45) is 5.92 Å². The van der Waals surface area contributed by atoms with Gasteiger partial charge >= 0.3 is 0 Å². The van der Waals surface area contributed by atoms with Gasteiger partial charge in [-0.05, 0) is 56.7 Å². The molecule has 0 radical (unpaired) electrons. The lowest BCUT2D eigenvalue weighted by molar-refractivity contribution is 0.0838. The first-order valence-electron chi connectivity index (χ1n) is 7.57. The summed E-state index contributed by atoms with van der Waals surface area (Å²) in [6.45, 7) is 8.93. The van der Waals surface area contributed by atoms with Crippen molar-refractivity contribution in [1.82, 2.24) is 4.90 Å². The van der Waals surface area contributed by atoms with Gasteiger partial charge in [-0.3, -0.25) is 0 Å². The van der Waals surface area contributed by atoms with Crippen LogP contribution in [0.15, 0.2) is 24.3 Å². The van der Waals surface area contributed by atoms with E-state index in [9.17, 15) is 5.11 Å². The van der Waals surface area contributed by atoms with Gasteiger partial charge in [0.05, 0.1) is 6.10 Å². The molecule has 0 amide bonds. The molecule has 0 saturated carbocycles. The number of likely N-dealkylation sites (tertiary alicyclic amines) is 1. The molecule has 1 saturated heterocycles. The van der Waals surface area contributed by atoms with Gasteiger partial charge < -0.3 is 10.0 Å². The summed E-state index contributed by atoms with van der Waals surface area (Å²) < 4.78 is 0. The first-order chi connectivity index (χ1) is 9.09. The van der Waals surface area contributed by atoms with Crippen LogP contribution in [0.5, 0.6) is 0 Å². The summed E-state index contributed by atoms with van der Waals surface area (Å²) in [7, 11) is 0. The van der Waals surface area contributed by atoms with Crippen molar-refractivity contribution < 1.29 is 5.11 Å². The fraction of sp³-hybridized carbons (Fsp3) is 0.647. The normalized spacial score (nSPS) is 26.3. The minimum atomic E-state index is -0.328. The summed E-state index contributed by atoms with van der Waals surface area (Å²) in [5.74, 6) is 0.782. The first-order valence-corrected chi connectivity index (χ1v) is 7.57. The van der Waals surface area contributed by atoms with Crippen molar-refractivity contribution in [2.75, 3.05) is 13.1 Å². The molecular weight excluding hydrogens is 234 g/mol.